The smallest absolute Gasteiger partial charge is 0.258 e. The molecule has 2 N–H and O–H groups in total. The highest BCUT2D eigenvalue weighted by Gasteiger charge is 2.11. The minimum Gasteiger partial charge on any atom is -0.493 e. The molecule has 1 amide bonds. The monoisotopic (exact) mass is 307 g/mol. The van der Waals surface area contributed by atoms with Gasteiger partial charge in [0.15, 0.2) is 18.1 Å². The van der Waals surface area contributed by atoms with Crippen molar-refractivity contribution in [3.05, 3.63) is 46.7 Å². The normalized spacial score (nSPS) is 11.7. The van der Waals surface area contributed by atoms with Gasteiger partial charge in [-0.1, -0.05) is 18.2 Å². The first-order chi connectivity index (χ1) is 10.2. The summed E-state index contributed by atoms with van der Waals surface area (Å²) in [5, 5.41) is 14.4. The van der Waals surface area contributed by atoms with E-state index in [4.69, 9.17) is 9.47 Å². The first kappa shape index (κ1) is 15.3. The molecule has 112 valence electrons. The Kier molecular flexibility index (Phi) is 5.59. The molecular weight excluding hydrogens is 290 g/mol. The summed E-state index contributed by atoms with van der Waals surface area (Å²) in [6.45, 7) is 0.0339. The van der Waals surface area contributed by atoms with E-state index in [-0.39, 0.29) is 19.1 Å². The lowest BCUT2D eigenvalue weighted by atomic mass is 10.3. The zero-order chi connectivity index (χ0) is 15.1. The second-order valence-corrected chi connectivity index (χ2v) is 5.25. The second-order valence-electron chi connectivity index (χ2n) is 4.27. The molecule has 2 aromatic rings. The number of benzene rings is 1. The third-order valence-electron chi connectivity index (χ3n) is 2.79. The average Bonchev–Trinajstić information content (AvgIpc) is 3.05. The molecule has 0 aliphatic carbocycles. The predicted molar refractivity (Wildman–Crippen MR) is 80.8 cm³/mol. The molecule has 0 spiro atoms. The van der Waals surface area contributed by atoms with Gasteiger partial charge in [0.1, 0.15) is 6.10 Å². The van der Waals surface area contributed by atoms with E-state index in [0.29, 0.717) is 11.5 Å². The maximum absolute atomic E-state index is 11.7. The molecule has 0 fully saturated rings. The fraction of sp³-hybridized carbons (Fsp3) is 0.267. The van der Waals surface area contributed by atoms with E-state index in [2.05, 4.69) is 5.32 Å². The van der Waals surface area contributed by atoms with Crippen LogP contribution in [0.3, 0.4) is 0 Å². The van der Waals surface area contributed by atoms with Crippen LogP contribution in [-0.4, -0.2) is 31.3 Å². The molecule has 0 aliphatic rings. The number of ether oxygens (including phenoxy) is 2. The van der Waals surface area contributed by atoms with Gasteiger partial charge < -0.3 is 19.9 Å². The van der Waals surface area contributed by atoms with Crippen molar-refractivity contribution in [2.75, 3.05) is 20.3 Å². The van der Waals surface area contributed by atoms with E-state index in [1.54, 1.807) is 25.3 Å². The van der Waals surface area contributed by atoms with Gasteiger partial charge in [0.25, 0.3) is 5.91 Å². The maximum atomic E-state index is 11.7. The molecule has 5 nitrogen and oxygen atoms in total. The van der Waals surface area contributed by atoms with Crippen LogP contribution in [0.2, 0.25) is 0 Å². The topological polar surface area (TPSA) is 67.8 Å². The molecule has 0 bridgehead atoms. The number of methoxy groups -OCH3 is 1. The Balaban J connectivity index is 1.77. The summed E-state index contributed by atoms with van der Waals surface area (Å²) >= 11 is 1.45. The molecule has 0 radical (unpaired) electrons. The molecule has 1 atom stereocenters. The Bertz CT molecular complexity index is 571. The molecule has 0 saturated carbocycles. The summed E-state index contributed by atoms with van der Waals surface area (Å²) in [5.41, 5.74) is 0. The molecular formula is C15H17NO4S. The molecule has 21 heavy (non-hydrogen) atoms. The summed E-state index contributed by atoms with van der Waals surface area (Å²) in [5.74, 6) is 0.786. The number of aliphatic hydroxyl groups is 1. The van der Waals surface area contributed by atoms with Crippen LogP contribution < -0.4 is 14.8 Å². The lowest BCUT2D eigenvalue weighted by Crippen LogP contribution is -2.32. The molecule has 1 aromatic heterocycles. The number of nitrogens with one attached hydrogen (secondary N) is 1. The van der Waals surface area contributed by atoms with Crippen LogP contribution in [0.5, 0.6) is 11.5 Å². The van der Waals surface area contributed by atoms with Crippen molar-refractivity contribution in [3.8, 4) is 11.5 Å². The van der Waals surface area contributed by atoms with E-state index in [1.807, 2.05) is 23.6 Å². The minimum absolute atomic E-state index is 0.127. The fourth-order valence-corrected chi connectivity index (χ4v) is 2.44. The van der Waals surface area contributed by atoms with Gasteiger partial charge in [-0.25, -0.2) is 0 Å². The summed E-state index contributed by atoms with van der Waals surface area (Å²) in [6.07, 6.45) is -0.694. The third kappa shape index (κ3) is 4.47. The number of hydrogen-bond donors (Lipinski definition) is 2. The van der Waals surface area contributed by atoms with Crippen LogP contribution in [0, 0.1) is 0 Å². The number of para-hydroxylation sites is 2. The van der Waals surface area contributed by atoms with Crippen molar-refractivity contribution < 1.29 is 19.4 Å². The van der Waals surface area contributed by atoms with Crippen molar-refractivity contribution in [2.24, 2.45) is 0 Å². The number of carbonyl (C=O) groups excluding carboxylic acids is 1. The van der Waals surface area contributed by atoms with Gasteiger partial charge in [0.2, 0.25) is 0 Å². The van der Waals surface area contributed by atoms with E-state index in [0.717, 1.165) is 4.88 Å². The van der Waals surface area contributed by atoms with Crippen LogP contribution >= 0.6 is 11.3 Å². The highest BCUT2D eigenvalue weighted by atomic mass is 32.1. The van der Waals surface area contributed by atoms with Gasteiger partial charge in [-0.2, -0.15) is 0 Å². The van der Waals surface area contributed by atoms with Gasteiger partial charge in [0, 0.05) is 11.4 Å². The molecule has 1 aromatic carbocycles. The highest BCUT2D eigenvalue weighted by Crippen LogP contribution is 2.25. The first-order valence-electron chi connectivity index (χ1n) is 6.44. The van der Waals surface area contributed by atoms with Gasteiger partial charge in [0.05, 0.1) is 7.11 Å². The predicted octanol–water partition coefficient (Wildman–Crippen LogP) is 1.99. The molecule has 1 unspecified atom stereocenters. The van der Waals surface area contributed by atoms with Crippen LogP contribution in [0.25, 0.3) is 0 Å². The van der Waals surface area contributed by atoms with E-state index < -0.39 is 6.10 Å². The zero-order valence-corrected chi connectivity index (χ0v) is 12.4. The van der Waals surface area contributed by atoms with Crippen molar-refractivity contribution in [3.63, 3.8) is 0 Å². The third-order valence-corrected chi connectivity index (χ3v) is 3.77. The summed E-state index contributed by atoms with van der Waals surface area (Å²) in [7, 11) is 1.54. The fourth-order valence-electron chi connectivity index (χ4n) is 1.72. The number of thiophene rings is 1. The number of aliphatic hydroxyl groups excluding tert-OH is 1. The molecule has 0 aliphatic heterocycles. The SMILES string of the molecule is COc1ccccc1OCC(=O)NCC(O)c1cccs1. The van der Waals surface area contributed by atoms with Gasteiger partial charge >= 0.3 is 0 Å². The number of carbonyl (C=O) groups is 1. The van der Waals surface area contributed by atoms with Crippen LogP contribution in [0.15, 0.2) is 41.8 Å². The second kappa shape index (κ2) is 7.66. The van der Waals surface area contributed by atoms with E-state index >= 15 is 0 Å². The molecule has 0 saturated heterocycles. The quantitative estimate of drug-likeness (QED) is 0.821. The first-order valence-corrected chi connectivity index (χ1v) is 7.32. The standard InChI is InChI=1S/C15H17NO4S/c1-19-12-5-2-3-6-13(12)20-10-15(18)16-9-11(17)14-7-4-8-21-14/h2-8,11,17H,9-10H2,1H3,(H,16,18). The molecule has 2 rings (SSSR count). The van der Waals surface area contributed by atoms with Crippen molar-refractivity contribution in [1.29, 1.82) is 0 Å². The van der Waals surface area contributed by atoms with Gasteiger partial charge in [-0.05, 0) is 23.6 Å². The van der Waals surface area contributed by atoms with Gasteiger partial charge in [-0.3, -0.25) is 4.79 Å². The van der Waals surface area contributed by atoms with Crippen LogP contribution in [0.4, 0.5) is 0 Å². The summed E-state index contributed by atoms with van der Waals surface area (Å²) in [4.78, 5) is 12.5. The largest absolute Gasteiger partial charge is 0.493 e. The number of rotatable bonds is 7. The van der Waals surface area contributed by atoms with Crippen LogP contribution in [-0.2, 0) is 4.79 Å². The highest BCUT2D eigenvalue weighted by molar-refractivity contribution is 7.10. The molecule has 6 heteroatoms. The zero-order valence-electron chi connectivity index (χ0n) is 11.6. The number of hydrogen-bond acceptors (Lipinski definition) is 5. The van der Waals surface area contributed by atoms with E-state index in [9.17, 15) is 9.90 Å². The Hall–Kier alpha value is -2.05. The van der Waals surface area contributed by atoms with Crippen molar-refractivity contribution in [2.45, 2.75) is 6.10 Å². The maximum Gasteiger partial charge on any atom is 0.258 e. The lowest BCUT2D eigenvalue weighted by Gasteiger charge is -2.12. The Labute approximate surface area is 127 Å². The van der Waals surface area contributed by atoms with Crippen LogP contribution in [0.1, 0.15) is 11.0 Å². The minimum atomic E-state index is -0.694. The Morgan fingerprint density at radius 1 is 1.29 bits per heavy atom. The summed E-state index contributed by atoms with van der Waals surface area (Å²) < 4.78 is 10.5. The van der Waals surface area contributed by atoms with Gasteiger partial charge in [-0.15, -0.1) is 11.3 Å². The Morgan fingerprint density at radius 2 is 2.05 bits per heavy atom. The Morgan fingerprint density at radius 3 is 2.71 bits per heavy atom. The summed E-state index contributed by atoms with van der Waals surface area (Å²) in [6, 6.07) is 10.8. The van der Waals surface area contributed by atoms with Crippen molar-refractivity contribution >= 4 is 17.2 Å². The average molecular weight is 307 g/mol. The number of amides is 1. The van der Waals surface area contributed by atoms with E-state index in [1.165, 1.54) is 11.3 Å². The van der Waals surface area contributed by atoms with Crippen molar-refractivity contribution in [1.82, 2.24) is 5.32 Å². The lowest BCUT2D eigenvalue weighted by molar-refractivity contribution is -0.123. The molecule has 1 heterocycles.